The fourth-order valence-electron chi connectivity index (χ4n) is 3.42. The van der Waals surface area contributed by atoms with Crippen LogP contribution in [0, 0.1) is 5.92 Å². The van der Waals surface area contributed by atoms with Crippen molar-refractivity contribution >= 4 is 23.3 Å². The van der Waals surface area contributed by atoms with E-state index in [-0.39, 0.29) is 18.0 Å². The number of nitrogens with two attached hydrogens (primary N) is 1. The van der Waals surface area contributed by atoms with E-state index in [1.807, 2.05) is 35.2 Å². The SMILES string of the molecule is CC1CCN(C(=O)c2ccc(NC(=O)Nc3ccccc3)cc2)C(CN)C1. The average Bonchev–Trinajstić information content (AvgIpc) is 2.68. The minimum Gasteiger partial charge on any atom is -0.334 e. The maximum absolute atomic E-state index is 12.8. The molecule has 4 N–H and O–H groups in total. The maximum Gasteiger partial charge on any atom is 0.323 e. The zero-order valence-corrected chi connectivity index (χ0v) is 15.5. The number of hydrogen-bond donors (Lipinski definition) is 3. The van der Waals surface area contributed by atoms with E-state index in [1.165, 1.54) is 0 Å². The lowest BCUT2D eigenvalue weighted by molar-refractivity contribution is 0.0573. The molecule has 0 spiro atoms. The Morgan fingerprint density at radius 1 is 1.04 bits per heavy atom. The number of nitrogens with one attached hydrogen (secondary N) is 2. The molecule has 0 aliphatic carbocycles. The average molecular weight is 366 g/mol. The van der Waals surface area contributed by atoms with Gasteiger partial charge in [0.25, 0.3) is 5.91 Å². The van der Waals surface area contributed by atoms with Crippen LogP contribution in [-0.4, -0.2) is 36.0 Å². The van der Waals surface area contributed by atoms with Crippen LogP contribution in [0.15, 0.2) is 54.6 Å². The number of amides is 3. The molecule has 2 unspecified atom stereocenters. The molecule has 2 aromatic carbocycles. The third kappa shape index (κ3) is 4.86. The van der Waals surface area contributed by atoms with Crippen LogP contribution >= 0.6 is 0 Å². The van der Waals surface area contributed by atoms with Crippen LogP contribution in [0.5, 0.6) is 0 Å². The second kappa shape index (κ2) is 8.68. The van der Waals surface area contributed by atoms with E-state index in [0.717, 1.165) is 19.4 Å². The Labute approximate surface area is 159 Å². The molecule has 2 atom stereocenters. The molecular weight excluding hydrogens is 340 g/mol. The number of carbonyl (C=O) groups is 2. The standard InChI is InChI=1S/C21H26N4O2/c1-15-11-12-25(19(13-15)14-22)20(26)16-7-9-18(10-8-16)24-21(27)23-17-5-3-2-4-6-17/h2-10,15,19H,11-14,22H2,1H3,(H2,23,24,27). The van der Waals surface area contributed by atoms with Crippen LogP contribution in [-0.2, 0) is 0 Å². The van der Waals surface area contributed by atoms with Crippen molar-refractivity contribution in [1.82, 2.24) is 4.90 Å². The number of rotatable bonds is 4. The van der Waals surface area contributed by atoms with Crippen LogP contribution < -0.4 is 16.4 Å². The van der Waals surface area contributed by atoms with Crippen LogP contribution in [0.2, 0.25) is 0 Å². The monoisotopic (exact) mass is 366 g/mol. The van der Waals surface area contributed by atoms with E-state index in [0.29, 0.717) is 29.4 Å². The van der Waals surface area contributed by atoms with Gasteiger partial charge in [0.05, 0.1) is 0 Å². The summed E-state index contributed by atoms with van der Waals surface area (Å²) >= 11 is 0. The zero-order valence-electron chi connectivity index (χ0n) is 15.5. The summed E-state index contributed by atoms with van der Waals surface area (Å²) < 4.78 is 0. The number of nitrogens with zero attached hydrogens (tertiary/aromatic N) is 1. The number of hydrogen-bond acceptors (Lipinski definition) is 3. The summed E-state index contributed by atoms with van der Waals surface area (Å²) in [7, 11) is 0. The zero-order chi connectivity index (χ0) is 19.2. The number of carbonyl (C=O) groups excluding carboxylic acids is 2. The largest absolute Gasteiger partial charge is 0.334 e. The summed E-state index contributed by atoms with van der Waals surface area (Å²) in [6.45, 7) is 3.42. The Morgan fingerprint density at radius 3 is 2.30 bits per heavy atom. The van der Waals surface area contributed by atoms with Crippen molar-refractivity contribution in [3.8, 4) is 0 Å². The molecule has 3 amide bonds. The minimum absolute atomic E-state index is 0.00219. The molecule has 1 aliphatic heterocycles. The third-order valence-electron chi connectivity index (χ3n) is 4.93. The van der Waals surface area contributed by atoms with Crippen molar-refractivity contribution < 1.29 is 9.59 Å². The van der Waals surface area contributed by atoms with Gasteiger partial charge in [0.1, 0.15) is 0 Å². The molecular formula is C21H26N4O2. The minimum atomic E-state index is -0.325. The highest BCUT2D eigenvalue weighted by atomic mass is 16.2. The Kier molecular flexibility index (Phi) is 6.08. The third-order valence-corrected chi connectivity index (χ3v) is 4.93. The molecule has 1 heterocycles. The predicted molar refractivity (Wildman–Crippen MR) is 108 cm³/mol. The van der Waals surface area contributed by atoms with E-state index < -0.39 is 0 Å². The van der Waals surface area contributed by atoms with Crippen molar-refractivity contribution in [2.45, 2.75) is 25.8 Å². The van der Waals surface area contributed by atoms with Gasteiger partial charge in [-0.25, -0.2) is 4.79 Å². The Hall–Kier alpha value is -2.86. The van der Waals surface area contributed by atoms with Crippen LogP contribution in [0.3, 0.4) is 0 Å². The first-order chi connectivity index (χ1) is 13.1. The van der Waals surface area contributed by atoms with Gasteiger partial charge in [-0.15, -0.1) is 0 Å². The normalized spacial score (nSPS) is 19.4. The van der Waals surface area contributed by atoms with Gasteiger partial charge < -0.3 is 21.3 Å². The molecule has 1 fully saturated rings. The van der Waals surface area contributed by atoms with Gasteiger partial charge in [-0.3, -0.25) is 4.79 Å². The molecule has 6 heteroatoms. The molecule has 1 saturated heterocycles. The number of para-hydroxylation sites is 1. The van der Waals surface area contributed by atoms with Crippen molar-refractivity contribution in [1.29, 1.82) is 0 Å². The van der Waals surface area contributed by atoms with Crippen LogP contribution in [0.25, 0.3) is 0 Å². The van der Waals surface area contributed by atoms with Crippen LogP contribution in [0.4, 0.5) is 16.2 Å². The first-order valence-electron chi connectivity index (χ1n) is 9.31. The first-order valence-corrected chi connectivity index (χ1v) is 9.31. The summed E-state index contributed by atoms with van der Waals surface area (Å²) in [5, 5.41) is 5.52. The molecule has 1 aliphatic rings. The lowest BCUT2D eigenvalue weighted by Gasteiger charge is -2.38. The van der Waals surface area contributed by atoms with Gasteiger partial charge in [0.2, 0.25) is 0 Å². The topological polar surface area (TPSA) is 87.5 Å². The lowest BCUT2D eigenvalue weighted by atomic mass is 9.92. The Bertz CT molecular complexity index is 777. The molecule has 0 aromatic heterocycles. The second-order valence-corrected chi connectivity index (χ2v) is 7.04. The number of likely N-dealkylation sites (tertiary alicyclic amines) is 1. The fourth-order valence-corrected chi connectivity index (χ4v) is 3.42. The molecule has 142 valence electrons. The smallest absolute Gasteiger partial charge is 0.323 e. The summed E-state index contributed by atoms with van der Waals surface area (Å²) in [4.78, 5) is 26.7. The van der Waals surface area contributed by atoms with Crippen LogP contribution in [0.1, 0.15) is 30.1 Å². The second-order valence-electron chi connectivity index (χ2n) is 7.04. The van der Waals surface area contributed by atoms with Gasteiger partial charge in [-0.05, 0) is 55.2 Å². The Morgan fingerprint density at radius 2 is 1.67 bits per heavy atom. The van der Waals surface area contributed by atoms with Crippen molar-refractivity contribution in [3.05, 3.63) is 60.2 Å². The number of anilines is 2. The van der Waals surface area contributed by atoms with E-state index in [1.54, 1.807) is 24.3 Å². The quantitative estimate of drug-likeness (QED) is 0.773. The van der Waals surface area contributed by atoms with Crippen molar-refractivity contribution in [2.24, 2.45) is 11.7 Å². The number of benzene rings is 2. The highest BCUT2D eigenvalue weighted by molar-refractivity contribution is 6.00. The van der Waals surface area contributed by atoms with Gasteiger partial charge in [-0.1, -0.05) is 25.1 Å². The fraction of sp³-hybridized carbons (Fsp3) is 0.333. The molecule has 0 saturated carbocycles. The van der Waals surface area contributed by atoms with E-state index in [2.05, 4.69) is 17.6 Å². The molecule has 6 nitrogen and oxygen atoms in total. The summed E-state index contributed by atoms with van der Waals surface area (Å²) in [5.74, 6) is 0.593. The van der Waals surface area contributed by atoms with Crippen molar-refractivity contribution in [3.63, 3.8) is 0 Å². The molecule has 0 bridgehead atoms. The molecule has 0 radical (unpaired) electrons. The van der Waals surface area contributed by atoms with Gasteiger partial charge in [-0.2, -0.15) is 0 Å². The summed E-state index contributed by atoms with van der Waals surface area (Å²) in [5.41, 5.74) is 7.82. The molecule has 2 aromatic rings. The highest BCUT2D eigenvalue weighted by Crippen LogP contribution is 2.24. The van der Waals surface area contributed by atoms with Gasteiger partial charge in [0, 0.05) is 36.1 Å². The number of piperidine rings is 1. The lowest BCUT2D eigenvalue weighted by Crippen LogP contribution is -2.49. The summed E-state index contributed by atoms with van der Waals surface area (Å²) in [6, 6.07) is 15.9. The maximum atomic E-state index is 12.8. The van der Waals surface area contributed by atoms with Crippen molar-refractivity contribution in [2.75, 3.05) is 23.7 Å². The van der Waals surface area contributed by atoms with E-state index >= 15 is 0 Å². The van der Waals surface area contributed by atoms with Gasteiger partial charge in [0.15, 0.2) is 0 Å². The van der Waals surface area contributed by atoms with E-state index in [9.17, 15) is 9.59 Å². The number of urea groups is 1. The molecule has 3 rings (SSSR count). The predicted octanol–water partition coefficient (Wildman–Crippen LogP) is 3.53. The first kappa shape index (κ1) is 18.9. The van der Waals surface area contributed by atoms with Gasteiger partial charge >= 0.3 is 6.03 Å². The summed E-state index contributed by atoms with van der Waals surface area (Å²) in [6.07, 6.45) is 1.95. The molecule has 27 heavy (non-hydrogen) atoms. The Balaban J connectivity index is 1.61. The highest BCUT2D eigenvalue weighted by Gasteiger charge is 2.29. The van der Waals surface area contributed by atoms with E-state index in [4.69, 9.17) is 5.73 Å².